The number of para-hydroxylation sites is 1. The van der Waals surface area contributed by atoms with Gasteiger partial charge in [-0.05, 0) is 24.3 Å². The van der Waals surface area contributed by atoms with E-state index >= 15 is 0 Å². The first kappa shape index (κ1) is 13.4. The van der Waals surface area contributed by atoms with E-state index in [0.29, 0.717) is 28.2 Å². The molecule has 2 aromatic rings. The summed E-state index contributed by atoms with van der Waals surface area (Å²) in [5, 5.41) is 10.4. The average Bonchev–Trinajstić information content (AvgIpc) is 2.52. The van der Waals surface area contributed by atoms with Gasteiger partial charge in [0.25, 0.3) is 0 Å². The molecule has 2 aromatic carbocycles. The summed E-state index contributed by atoms with van der Waals surface area (Å²) in [7, 11) is 0. The van der Waals surface area contributed by atoms with E-state index in [0.717, 1.165) is 0 Å². The number of benzene rings is 2. The maximum absolute atomic E-state index is 11.8. The molecule has 1 atom stereocenters. The second kappa shape index (κ2) is 5.42. The highest BCUT2D eigenvalue weighted by atomic mass is 16.5. The molecule has 1 aliphatic heterocycles. The molecule has 4 nitrogen and oxygen atoms in total. The molecule has 0 amide bonds. The lowest BCUT2D eigenvalue weighted by atomic mass is 9.96. The molecular formula is C17H14O4. The second-order valence-corrected chi connectivity index (χ2v) is 4.68. The van der Waals surface area contributed by atoms with Crippen LogP contribution in [0.5, 0.6) is 11.5 Å². The Morgan fingerprint density at radius 1 is 1.24 bits per heavy atom. The smallest absolute Gasteiger partial charge is 0.338 e. The third-order valence-corrected chi connectivity index (χ3v) is 3.31. The topological polar surface area (TPSA) is 55.8 Å². The lowest BCUT2D eigenvalue weighted by molar-refractivity contribution is 0.0549. The number of esters is 1. The van der Waals surface area contributed by atoms with Crippen LogP contribution >= 0.6 is 0 Å². The lowest BCUT2D eigenvalue weighted by Gasteiger charge is -2.25. The van der Waals surface area contributed by atoms with E-state index in [4.69, 9.17) is 9.47 Å². The fourth-order valence-corrected chi connectivity index (χ4v) is 2.29. The van der Waals surface area contributed by atoms with Crippen molar-refractivity contribution in [2.75, 3.05) is 6.61 Å². The normalized spacial score (nSPS) is 15.4. The van der Waals surface area contributed by atoms with E-state index in [2.05, 4.69) is 6.58 Å². The first-order valence-electron chi connectivity index (χ1n) is 6.57. The van der Waals surface area contributed by atoms with Gasteiger partial charge < -0.3 is 14.6 Å². The molecule has 1 N–H and O–H groups in total. The predicted molar refractivity (Wildman–Crippen MR) is 77.5 cm³/mol. The molecule has 1 heterocycles. The minimum atomic E-state index is -0.822. The van der Waals surface area contributed by atoms with Gasteiger partial charge in [0.05, 0.1) is 5.56 Å². The Hall–Kier alpha value is -2.59. The highest BCUT2D eigenvalue weighted by Gasteiger charge is 2.26. The molecule has 3 rings (SSSR count). The molecule has 1 unspecified atom stereocenters. The van der Waals surface area contributed by atoms with Crippen LogP contribution in [-0.2, 0) is 4.74 Å². The van der Waals surface area contributed by atoms with Crippen LogP contribution in [0.3, 0.4) is 0 Å². The van der Waals surface area contributed by atoms with Gasteiger partial charge in [-0.1, -0.05) is 30.9 Å². The zero-order valence-electron chi connectivity index (χ0n) is 11.3. The van der Waals surface area contributed by atoms with Crippen molar-refractivity contribution in [3.8, 4) is 11.5 Å². The van der Waals surface area contributed by atoms with E-state index in [1.54, 1.807) is 30.3 Å². The Bertz CT molecular complexity index is 706. The molecule has 0 aromatic heterocycles. The van der Waals surface area contributed by atoms with Crippen LogP contribution in [0.15, 0.2) is 55.1 Å². The summed E-state index contributed by atoms with van der Waals surface area (Å²) in [5.74, 6) is 0.713. The first-order valence-corrected chi connectivity index (χ1v) is 6.57. The molecule has 0 spiro atoms. The van der Waals surface area contributed by atoms with E-state index in [-0.39, 0.29) is 6.61 Å². The van der Waals surface area contributed by atoms with E-state index in [1.165, 1.54) is 6.08 Å². The van der Waals surface area contributed by atoms with Crippen LogP contribution in [0.25, 0.3) is 0 Å². The Morgan fingerprint density at radius 3 is 2.81 bits per heavy atom. The molecule has 4 heteroatoms. The fraction of sp³-hybridized carbons (Fsp3) is 0.118. The lowest BCUT2D eigenvalue weighted by Crippen LogP contribution is -2.12. The third kappa shape index (κ3) is 2.41. The highest BCUT2D eigenvalue weighted by Crippen LogP contribution is 2.42. The predicted octanol–water partition coefficient (Wildman–Crippen LogP) is 3.22. The Labute approximate surface area is 122 Å². The van der Waals surface area contributed by atoms with Gasteiger partial charge in [0.15, 0.2) is 0 Å². The molecule has 0 aliphatic carbocycles. The number of ether oxygens (including phenoxy) is 2. The van der Waals surface area contributed by atoms with Gasteiger partial charge >= 0.3 is 5.97 Å². The summed E-state index contributed by atoms with van der Waals surface area (Å²) < 4.78 is 10.7. The monoisotopic (exact) mass is 282 g/mol. The maximum Gasteiger partial charge on any atom is 0.338 e. The molecule has 0 saturated carbocycles. The average molecular weight is 282 g/mol. The maximum atomic E-state index is 11.8. The minimum absolute atomic E-state index is 0.151. The van der Waals surface area contributed by atoms with Crippen LogP contribution in [0.1, 0.15) is 27.6 Å². The summed E-state index contributed by atoms with van der Waals surface area (Å²) in [5.41, 5.74) is 1.61. The van der Waals surface area contributed by atoms with Crippen molar-refractivity contribution in [2.45, 2.75) is 6.10 Å². The largest absolute Gasteiger partial charge is 0.458 e. The van der Waals surface area contributed by atoms with E-state index < -0.39 is 12.1 Å². The van der Waals surface area contributed by atoms with Crippen molar-refractivity contribution in [1.82, 2.24) is 0 Å². The molecule has 0 bridgehead atoms. The Kier molecular flexibility index (Phi) is 3.46. The summed E-state index contributed by atoms with van der Waals surface area (Å²) in [6, 6.07) is 12.2. The quantitative estimate of drug-likeness (QED) is 0.693. The summed E-state index contributed by atoms with van der Waals surface area (Å²) in [6.07, 6.45) is 0.682. The van der Waals surface area contributed by atoms with Gasteiger partial charge in [0.2, 0.25) is 0 Å². The summed E-state index contributed by atoms with van der Waals surface area (Å²) in [6.45, 7) is 3.65. The first-order chi connectivity index (χ1) is 10.2. The molecule has 106 valence electrons. The Balaban J connectivity index is 1.95. The number of carbonyl (C=O) groups is 1. The van der Waals surface area contributed by atoms with Gasteiger partial charge in [0.1, 0.15) is 24.2 Å². The van der Waals surface area contributed by atoms with Crippen molar-refractivity contribution in [2.24, 2.45) is 0 Å². The van der Waals surface area contributed by atoms with Crippen molar-refractivity contribution >= 4 is 5.97 Å². The number of hydrogen-bond acceptors (Lipinski definition) is 4. The van der Waals surface area contributed by atoms with Crippen LogP contribution in [-0.4, -0.2) is 17.7 Å². The molecule has 21 heavy (non-hydrogen) atoms. The molecule has 0 fully saturated rings. The van der Waals surface area contributed by atoms with Gasteiger partial charge in [-0.3, -0.25) is 0 Å². The number of aliphatic hydroxyl groups is 1. The zero-order chi connectivity index (χ0) is 14.8. The van der Waals surface area contributed by atoms with E-state index in [9.17, 15) is 9.90 Å². The van der Waals surface area contributed by atoms with Crippen LogP contribution < -0.4 is 4.74 Å². The van der Waals surface area contributed by atoms with Crippen molar-refractivity contribution < 1.29 is 19.4 Å². The molecule has 0 saturated heterocycles. The summed E-state index contributed by atoms with van der Waals surface area (Å²) in [4.78, 5) is 11.8. The SMILES string of the molecule is C=CCOC(=O)c1ccc2c(c1)C(O)c1ccccc1O2. The molecular weight excluding hydrogens is 268 g/mol. The number of fused-ring (bicyclic) bond motifs is 2. The second-order valence-electron chi connectivity index (χ2n) is 4.68. The Morgan fingerprint density at radius 2 is 2.00 bits per heavy atom. The van der Waals surface area contributed by atoms with Crippen molar-refractivity contribution in [3.63, 3.8) is 0 Å². The minimum Gasteiger partial charge on any atom is -0.458 e. The third-order valence-electron chi connectivity index (χ3n) is 3.31. The van der Waals surface area contributed by atoms with Crippen molar-refractivity contribution in [1.29, 1.82) is 0 Å². The number of carbonyl (C=O) groups excluding carboxylic acids is 1. The number of rotatable bonds is 3. The van der Waals surface area contributed by atoms with Gasteiger partial charge in [0, 0.05) is 11.1 Å². The zero-order valence-corrected chi connectivity index (χ0v) is 11.3. The highest BCUT2D eigenvalue weighted by molar-refractivity contribution is 5.90. The van der Waals surface area contributed by atoms with Crippen LogP contribution in [0, 0.1) is 0 Å². The van der Waals surface area contributed by atoms with Crippen LogP contribution in [0.2, 0.25) is 0 Å². The summed E-state index contributed by atoms with van der Waals surface area (Å²) >= 11 is 0. The van der Waals surface area contributed by atoms with Gasteiger partial charge in [-0.15, -0.1) is 0 Å². The van der Waals surface area contributed by atoms with Crippen molar-refractivity contribution in [3.05, 3.63) is 71.8 Å². The fourth-order valence-electron chi connectivity index (χ4n) is 2.29. The van der Waals surface area contributed by atoms with Gasteiger partial charge in [-0.25, -0.2) is 4.79 Å². The van der Waals surface area contributed by atoms with Crippen LogP contribution in [0.4, 0.5) is 0 Å². The van der Waals surface area contributed by atoms with E-state index in [1.807, 2.05) is 12.1 Å². The molecule has 0 radical (unpaired) electrons. The standard InChI is InChI=1S/C17H14O4/c1-2-9-20-17(19)11-7-8-15-13(10-11)16(18)12-5-3-4-6-14(12)21-15/h2-8,10,16,18H,1,9H2. The van der Waals surface area contributed by atoms with Gasteiger partial charge in [-0.2, -0.15) is 0 Å². The number of hydrogen-bond donors (Lipinski definition) is 1. The molecule has 1 aliphatic rings. The number of aliphatic hydroxyl groups excluding tert-OH is 1.